The zero-order valence-electron chi connectivity index (χ0n) is 15.0. The molecule has 2 heterocycles. The highest BCUT2D eigenvalue weighted by molar-refractivity contribution is 6.14. The Kier molecular flexibility index (Phi) is 3.65. The molecule has 0 saturated carbocycles. The Morgan fingerprint density at radius 2 is 1.41 bits per heavy atom. The van der Waals surface area contributed by atoms with Crippen molar-refractivity contribution in [2.75, 3.05) is 7.05 Å². The minimum absolute atomic E-state index is 0.962. The van der Waals surface area contributed by atoms with Gasteiger partial charge in [0.15, 0.2) is 0 Å². The third-order valence-corrected chi connectivity index (χ3v) is 4.99. The maximum absolute atomic E-state index is 4.58. The molecule has 0 saturated heterocycles. The van der Waals surface area contributed by atoms with Crippen molar-refractivity contribution in [2.24, 2.45) is 4.99 Å². The van der Waals surface area contributed by atoms with Crippen LogP contribution in [0.1, 0.15) is 11.3 Å². The molecule has 0 aliphatic carbocycles. The Morgan fingerprint density at radius 1 is 0.704 bits per heavy atom. The van der Waals surface area contributed by atoms with Gasteiger partial charge in [0.1, 0.15) is 0 Å². The van der Waals surface area contributed by atoms with Gasteiger partial charge in [0, 0.05) is 40.1 Å². The largest absolute Gasteiger partial charge is 0.355 e. The van der Waals surface area contributed by atoms with Crippen LogP contribution in [-0.2, 0) is 0 Å². The van der Waals surface area contributed by atoms with Gasteiger partial charge in [0.05, 0.1) is 11.4 Å². The lowest BCUT2D eigenvalue weighted by molar-refractivity contribution is 1.35. The van der Waals surface area contributed by atoms with Gasteiger partial charge in [0.2, 0.25) is 0 Å². The number of hydrogen-bond acceptors (Lipinski definition) is 1. The molecule has 2 aromatic heterocycles. The number of aliphatic imine (C=N–C) groups is 1. The first-order chi connectivity index (χ1) is 13.3. The van der Waals surface area contributed by atoms with Crippen LogP contribution in [0.25, 0.3) is 33.1 Å². The van der Waals surface area contributed by atoms with Crippen LogP contribution in [-0.4, -0.2) is 22.7 Å². The third kappa shape index (κ3) is 2.74. The highest BCUT2D eigenvalue weighted by Gasteiger charge is 2.11. The number of nitrogens with zero attached hydrogens (tertiary/aromatic N) is 1. The van der Waals surface area contributed by atoms with Gasteiger partial charge >= 0.3 is 0 Å². The molecule has 0 aliphatic rings. The predicted molar refractivity (Wildman–Crippen MR) is 114 cm³/mol. The average Bonchev–Trinajstić information content (AvgIpc) is 3.33. The Balaban J connectivity index is 1.59. The Hall–Kier alpha value is -3.59. The molecule has 5 rings (SSSR count). The maximum atomic E-state index is 4.58. The first-order valence-corrected chi connectivity index (χ1v) is 9.05. The summed E-state index contributed by atoms with van der Waals surface area (Å²) in [5.41, 5.74) is 7.64. The summed E-state index contributed by atoms with van der Waals surface area (Å²) in [5, 5.41) is 2.42. The number of benzene rings is 3. The lowest BCUT2D eigenvalue weighted by Crippen LogP contribution is -2.03. The van der Waals surface area contributed by atoms with E-state index in [0.717, 1.165) is 39.3 Å². The van der Waals surface area contributed by atoms with Gasteiger partial charge in [-0.05, 0) is 35.9 Å². The fourth-order valence-corrected chi connectivity index (χ4v) is 3.67. The van der Waals surface area contributed by atoms with E-state index in [1.54, 1.807) is 0 Å². The zero-order valence-corrected chi connectivity index (χ0v) is 15.0. The second-order valence-electron chi connectivity index (χ2n) is 6.69. The van der Waals surface area contributed by atoms with E-state index < -0.39 is 0 Å². The summed E-state index contributed by atoms with van der Waals surface area (Å²) in [6.07, 6.45) is 0. The highest BCUT2D eigenvalue weighted by atomic mass is 14.8. The number of fused-ring (bicyclic) bond motifs is 2. The maximum Gasteiger partial charge on any atom is 0.0878 e. The molecular formula is C24H19N3. The number of aromatic amines is 2. The molecule has 0 aliphatic heterocycles. The minimum Gasteiger partial charge on any atom is -0.355 e. The van der Waals surface area contributed by atoms with Crippen LogP contribution in [0.2, 0.25) is 0 Å². The number of nitrogens with one attached hydrogen (secondary N) is 2. The first-order valence-electron chi connectivity index (χ1n) is 9.05. The zero-order chi connectivity index (χ0) is 18.2. The molecule has 5 aromatic rings. The van der Waals surface area contributed by atoms with Gasteiger partial charge in [0.25, 0.3) is 0 Å². The van der Waals surface area contributed by atoms with Gasteiger partial charge in [-0.1, -0.05) is 54.6 Å². The fourth-order valence-electron chi connectivity index (χ4n) is 3.67. The van der Waals surface area contributed by atoms with Crippen LogP contribution in [0.5, 0.6) is 0 Å². The van der Waals surface area contributed by atoms with E-state index in [4.69, 9.17) is 0 Å². The van der Waals surface area contributed by atoms with Crippen molar-refractivity contribution >= 4 is 27.5 Å². The third-order valence-electron chi connectivity index (χ3n) is 4.99. The van der Waals surface area contributed by atoms with E-state index in [9.17, 15) is 0 Å². The fraction of sp³-hybridized carbons (Fsp3) is 0.0417. The lowest BCUT2D eigenvalue weighted by atomic mass is 10.0. The molecule has 27 heavy (non-hydrogen) atoms. The summed E-state index contributed by atoms with van der Waals surface area (Å²) in [6.45, 7) is 0. The first kappa shape index (κ1) is 15.6. The lowest BCUT2D eigenvalue weighted by Gasteiger charge is -2.06. The van der Waals surface area contributed by atoms with E-state index in [0.29, 0.717) is 0 Å². The van der Waals surface area contributed by atoms with Gasteiger partial charge < -0.3 is 9.97 Å². The molecule has 0 bridgehead atoms. The summed E-state index contributed by atoms with van der Waals surface area (Å²) in [4.78, 5) is 11.6. The van der Waals surface area contributed by atoms with Crippen LogP contribution in [0.15, 0.2) is 89.9 Å². The quantitative estimate of drug-likeness (QED) is 0.388. The Morgan fingerprint density at radius 3 is 2.11 bits per heavy atom. The predicted octanol–water partition coefficient (Wildman–Crippen LogP) is 5.78. The van der Waals surface area contributed by atoms with Crippen molar-refractivity contribution in [3.63, 3.8) is 0 Å². The summed E-state index contributed by atoms with van der Waals surface area (Å²) < 4.78 is 0. The Bertz CT molecular complexity index is 1220. The number of hydrogen-bond donors (Lipinski definition) is 2. The molecule has 2 N–H and O–H groups in total. The van der Waals surface area contributed by atoms with Crippen molar-refractivity contribution in [1.29, 1.82) is 0 Å². The number of rotatable bonds is 3. The van der Waals surface area contributed by atoms with Crippen LogP contribution in [0.3, 0.4) is 0 Å². The Labute approximate surface area is 157 Å². The number of aromatic nitrogens is 2. The van der Waals surface area contributed by atoms with Crippen LogP contribution < -0.4 is 0 Å². The summed E-state index contributed by atoms with van der Waals surface area (Å²) in [7, 11) is 1.84. The summed E-state index contributed by atoms with van der Waals surface area (Å²) in [6, 6.07) is 29.5. The van der Waals surface area contributed by atoms with Crippen molar-refractivity contribution in [3.05, 3.63) is 96.2 Å². The molecule has 0 amide bonds. The normalized spacial score (nSPS) is 12.1. The smallest absolute Gasteiger partial charge is 0.0878 e. The van der Waals surface area contributed by atoms with E-state index in [1.807, 2.05) is 13.1 Å². The minimum atomic E-state index is 0.962. The number of para-hydroxylation sites is 2. The number of H-pyrrole nitrogens is 2. The molecule has 3 aromatic carbocycles. The molecule has 0 spiro atoms. The molecular weight excluding hydrogens is 330 g/mol. The standard InChI is InChI=1S/C24H19N3/c1-25-24(23-15-18-8-3-5-12-21(18)27-23)19-10-6-9-16(13-19)22-14-17-7-2-4-11-20(17)26-22/h2-15,26-27H,1H3. The van der Waals surface area contributed by atoms with Crippen molar-refractivity contribution in [2.45, 2.75) is 0 Å². The van der Waals surface area contributed by atoms with Crippen LogP contribution in [0.4, 0.5) is 0 Å². The van der Waals surface area contributed by atoms with Crippen molar-refractivity contribution in [3.8, 4) is 11.3 Å². The van der Waals surface area contributed by atoms with Crippen molar-refractivity contribution in [1.82, 2.24) is 9.97 Å². The molecule has 130 valence electrons. The molecule has 3 nitrogen and oxygen atoms in total. The molecule has 0 fully saturated rings. The van der Waals surface area contributed by atoms with Gasteiger partial charge in [-0.15, -0.1) is 0 Å². The average molecular weight is 349 g/mol. The molecule has 0 radical (unpaired) electrons. The van der Waals surface area contributed by atoms with E-state index in [1.165, 1.54) is 10.8 Å². The van der Waals surface area contributed by atoms with Gasteiger partial charge in [-0.3, -0.25) is 4.99 Å². The second-order valence-corrected chi connectivity index (χ2v) is 6.69. The second kappa shape index (κ2) is 6.29. The van der Waals surface area contributed by atoms with Gasteiger partial charge in [-0.2, -0.15) is 0 Å². The highest BCUT2D eigenvalue weighted by Crippen LogP contribution is 2.26. The molecule has 3 heteroatoms. The van der Waals surface area contributed by atoms with Gasteiger partial charge in [-0.25, -0.2) is 0 Å². The van der Waals surface area contributed by atoms with Crippen LogP contribution >= 0.6 is 0 Å². The SMILES string of the molecule is CN=C(c1cccc(-c2cc3ccccc3[nH]2)c1)c1cc2ccccc2[nH]1. The molecule has 0 unspecified atom stereocenters. The molecule has 0 atom stereocenters. The summed E-state index contributed by atoms with van der Waals surface area (Å²) >= 11 is 0. The monoisotopic (exact) mass is 349 g/mol. The van der Waals surface area contributed by atoms with E-state index >= 15 is 0 Å². The summed E-state index contributed by atoms with van der Waals surface area (Å²) in [5.74, 6) is 0. The van der Waals surface area contributed by atoms with E-state index in [-0.39, 0.29) is 0 Å². The topological polar surface area (TPSA) is 43.9 Å². The van der Waals surface area contributed by atoms with E-state index in [2.05, 4.69) is 93.8 Å². The van der Waals surface area contributed by atoms with Crippen LogP contribution in [0, 0.1) is 0 Å². The van der Waals surface area contributed by atoms with Crippen molar-refractivity contribution < 1.29 is 0 Å².